The van der Waals surface area contributed by atoms with Gasteiger partial charge in [0.05, 0.1) is 19.2 Å². The van der Waals surface area contributed by atoms with Crippen LogP contribution in [-0.4, -0.2) is 53.8 Å². The number of benzene rings is 2. The SMILES string of the molecule is CCSN[C@@H]1[C@H](Cc2cccc(-c3cc(F)ccc3F)c2)N(C(=O)C2CCO2)CC1(F)F. The highest BCUT2D eigenvalue weighted by Gasteiger charge is 2.56. The molecule has 4 rings (SSSR count). The molecular formula is C23H24F4N2O2S. The third-order valence-corrected chi connectivity index (χ3v) is 6.55. The Kier molecular flexibility index (Phi) is 6.78. The molecule has 0 aliphatic carbocycles. The van der Waals surface area contributed by atoms with Crippen LogP contribution in [0.15, 0.2) is 42.5 Å². The molecule has 0 saturated carbocycles. The van der Waals surface area contributed by atoms with Crippen LogP contribution in [0.25, 0.3) is 11.1 Å². The highest BCUT2D eigenvalue weighted by Crippen LogP contribution is 2.37. The largest absolute Gasteiger partial charge is 0.368 e. The van der Waals surface area contributed by atoms with Gasteiger partial charge in [0.15, 0.2) is 0 Å². The van der Waals surface area contributed by atoms with Crippen LogP contribution in [0.5, 0.6) is 0 Å². The van der Waals surface area contributed by atoms with Crippen molar-refractivity contribution in [1.29, 1.82) is 0 Å². The van der Waals surface area contributed by atoms with Gasteiger partial charge in [-0.15, -0.1) is 0 Å². The van der Waals surface area contributed by atoms with Crippen LogP contribution in [0, 0.1) is 11.6 Å². The molecular weight excluding hydrogens is 444 g/mol. The highest BCUT2D eigenvalue weighted by molar-refractivity contribution is 7.97. The molecule has 32 heavy (non-hydrogen) atoms. The van der Waals surface area contributed by atoms with Gasteiger partial charge in [0.1, 0.15) is 23.8 Å². The average molecular weight is 469 g/mol. The predicted molar refractivity (Wildman–Crippen MR) is 115 cm³/mol. The van der Waals surface area contributed by atoms with Crippen molar-refractivity contribution >= 4 is 17.9 Å². The first-order valence-electron chi connectivity index (χ1n) is 10.5. The number of rotatable bonds is 7. The Morgan fingerprint density at radius 3 is 2.72 bits per heavy atom. The third-order valence-electron chi connectivity index (χ3n) is 5.84. The summed E-state index contributed by atoms with van der Waals surface area (Å²) in [6, 6.07) is 7.84. The number of nitrogens with one attached hydrogen (secondary N) is 1. The van der Waals surface area contributed by atoms with E-state index < -0.39 is 48.2 Å². The van der Waals surface area contributed by atoms with Crippen molar-refractivity contribution in [3.8, 4) is 11.1 Å². The summed E-state index contributed by atoms with van der Waals surface area (Å²) in [4.78, 5) is 14.1. The number of hydrogen-bond acceptors (Lipinski definition) is 4. The van der Waals surface area contributed by atoms with E-state index in [2.05, 4.69) is 4.72 Å². The average Bonchev–Trinajstić information content (AvgIpc) is 2.97. The predicted octanol–water partition coefficient (Wildman–Crippen LogP) is 4.44. The van der Waals surface area contributed by atoms with Crippen LogP contribution >= 0.6 is 11.9 Å². The van der Waals surface area contributed by atoms with Gasteiger partial charge in [-0.1, -0.05) is 43.1 Å². The molecule has 3 atom stereocenters. The summed E-state index contributed by atoms with van der Waals surface area (Å²) in [7, 11) is 0. The lowest BCUT2D eigenvalue weighted by molar-refractivity contribution is -0.158. The zero-order chi connectivity index (χ0) is 22.9. The van der Waals surface area contributed by atoms with E-state index in [9.17, 15) is 22.4 Å². The smallest absolute Gasteiger partial charge is 0.283 e. The first-order chi connectivity index (χ1) is 15.3. The van der Waals surface area contributed by atoms with Gasteiger partial charge in [0, 0.05) is 17.7 Å². The van der Waals surface area contributed by atoms with E-state index in [1.807, 2.05) is 6.92 Å². The van der Waals surface area contributed by atoms with Crippen LogP contribution in [0.3, 0.4) is 0 Å². The van der Waals surface area contributed by atoms with Gasteiger partial charge in [0.25, 0.3) is 11.8 Å². The van der Waals surface area contributed by atoms with Crippen molar-refractivity contribution in [3.63, 3.8) is 0 Å². The summed E-state index contributed by atoms with van der Waals surface area (Å²) in [6.07, 6.45) is -0.0246. The molecule has 172 valence electrons. The molecule has 0 aromatic heterocycles. The fourth-order valence-electron chi connectivity index (χ4n) is 4.15. The van der Waals surface area contributed by atoms with E-state index >= 15 is 0 Å². The molecule has 2 fully saturated rings. The van der Waals surface area contributed by atoms with Gasteiger partial charge in [-0.25, -0.2) is 17.6 Å². The summed E-state index contributed by atoms with van der Waals surface area (Å²) >= 11 is 1.18. The molecule has 1 amide bonds. The normalized spacial score (nSPS) is 24.4. The Labute approximate surface area is 188 Å². The summed E-state index contributed by atoms with van der Waals surface area (Å²) in [5, 5.41) is 0. The molecule has 4 nitrogen and oxygen atoms in total. The molecule has 0 bridgehead atoms. The van der Waals surface area contributed by atoms with E-state index in [4.69, 9.17) is 4.74 Å². The van der Waals surface area contributed by atoms with Crippen molar-refractivity contribution in [3.05, 3.63) is 59.7 Å². The molecule has 0 spiro atoms. The summed E-state index contributed by atoms with van der Waals surface area (Å²) in [6.45, 7) is 1.61. The second-order valence-corrected chi connectivity index (χ2v) is 9.10. The minimum Gasteiger partial charge on any atom is -0.368 e. The summed E-state index contributed by atoms with van der Waals surface area (Å²) < 4.78 is 65.8. The maximum atomic E-state index is 14.9. The van der Waals surface area contributed by atoms with Crippen LogP contribution in [0.2, 0.25) is 0 Å². The third kappa shape index (κ3) is 4.65. The van der Waals surface area contributed by atoms with Crippen molar-refractivity contribution in [2.75, 3.05) is 18.9 Å². The molecule has 2 aromatic rings. The molecule has 2 aliphatic heterocycles. The van der Waals surface area contributed by atoms with Crippen LogP contribution in [-0.2, 0) is 16.0 Å². The number of carbonyl (C=O) groups excluding carboxylic acids is 1. The fourth-order valence-corrected chi connectivity index (χ4v) is 4.83. The van der Waals surface area contributed by atoms with Gasteiger partial charge in [-0.05, 0) is 35.7 Å². The van der Waals surface area contributed by atoms with Gasteiger partial charge in [-0.2, -0.15) is 0 Å². The van der Waals surface area contributed by atoms with E-state index in [-0.39, 0.29) is 12.0 Å². The lowest BCUT2D eigenvalue weighted by Crippen LogP contribution is -2.51. The van der Waals surface area contributed by atoms with Crippen molar-refractivity contribution < 1.29 is 27.1 Å². The van der Waals surface area contributed by atoms with Crippen LogP contribution in [0.4, 0.5) is 17.6 Å². The van der Waals surface area contributed by atoms with E-state index in [1.165, 1.54) is 16.8 Å². The molecule has 2 heterocycles. The van der Waals surface area contributed by atoms with Gasteiger partial charge in [0.2, 0.25) is 0 Å². The Morgan fingerprint density at radius 2 is 2.03 bits per heavy atom. The Morgan fingerprint density at radius 1 is 1.25 bits per heavy atom. The minimum atomic E-state index is -3.11. The quantitative estimate of drug-likeness (QED) is 0.482. The van der Waals surface area contributed by atoms with Gasteiger partial charge >= 0.3 is 0 Å². The fraction of sp³-hybridized carbons (Fsp3) is 0.435. The first kappa shape index (κ1) is 23.1. The zero-order valence-electron chi connectivity index (χ0n) is 17.5. The number of carbonyl (C=O) groups is 1. The zero-order valence-corrected chi connectivity index (χ0v) is 18.3. The lowest BCUT2D eigenvalue weighted by Gasteiger charge is -2.33. The van der Waals surface area contributed by atoms with E-state index in [1.54, 1.807) is 24.3 Å². The number of amides is 1. The number of hydrogen-bond donors (Lipinski definition) is 1. The Hall–Kier alpha value is -2.10. The van der Waals surface area contributed by atoms with Crippen LogP contribution < -0.4 is 4.72 Å². The number of halogens is 4. The van der Waals surface area contributed by atoms with E-state index in [0.717, 1.165) is 18.2 Å². The Balaban J connectivity index is 1.64. The van der Waals surface area contributed by atoms with Gasteiger partial charge in [-0.3, -0.25) is 9.52 Å². The number of likely N-dealkylation sites (tertiary alicyclic amines) is 1. The second kappa shape index (κ2) is 9.41. The van der Waals surface area contributed by atoms with E-state index in [0.29, 0.717) is 29.9 Å². The van der Waals surface area contributed by atoms with Crippen molar-refractivity contribution in [1.82, 2.24) is 9.62 Å². The highest BCUT2D eigenvalue weighted by atomic mass is 32.2. The standard InChI is InChI=1S/C23H24F4N2O2S/c1-2-32-28-21-19(29(13-23(21,26)27)22(30)20-8-9-31-20)11-14-4-3-5-15(10-14)17-12-16(24)6-7-18(17)25/h3-7,10,12,19-21,28H,2,8-9,11,13H2,1H3/t19-,20?,21+/m0/s1. The molecule has 2 aliphatic rings. The lowest BCUT2D eigenvalue weighted by atomic mass is 9.95. The maximum Gasteiger partial charge on any atom is 0.283 e. The van der Waals surface area contributed by atoms with Crippen molar-refractivity contribution in [2.45, 2.75) is 43.9 Å². The Bertz CT molecular complexity index is 986. The molecule has 0 radical (unpaired) electrons. The van der Waals surface area contributed by atoms with Gasteiger partial charge < -0.3 is 9.64 Å². The number of alkyl halides is 2. The number of nitrogens with zero attached hydrogens (tertiary/aromatic N) is 1. The first-order valence-corrected chi connectivity index (χ1v) is 11.5. The topological polar surface area (TPSA) is 41.6 Å². The maximum absolute atomic E-state index is 14.9. The monoisotopic (exact) mass is 468 g/mol. The molecule has 1 unspecified atom stereocenters. The minimum absolute atomic E-state index is 0.0932. The number of ether oxygens (including phenoxy) is 1. The molecule has 9 heteroatoms. The molecule has 1 N–H and O–H groups in total. The summed E-state index contributed by atoms with van der Waals surface area (Å²) in [5.41, 5.74) is 1.18. The summed E-state index contributed by atoms with van der Waals surface area (Å²) in [5.74, 6) is -4.10. The second-order valence-electron chi connectivity index (χ2n) is 8.00. The molecule has 2 saturated heterocycles. The molecule has 2 aromatic carbocycles. The van der Waals surface area contributed by atoms with Crippen LogP contribution in [0.1, 0.15) is 18.9 Å². The van der Waals surface area contributed by atoms with Crippen molar-refractivity contribution in [2.24, 2.45) is 0 Å².